The van der Waals surface area contributed by atoms with Crippen LogP contribution in [0.2, 0.25) is 0 Å². The number of carbonyl (C=O) groups excluding carboxylic acids is 1. The fourth-order valence-corrected chi connectivity index (χ4v) is 1.58. The number of hydrogen-bond donors (Lipinski definition) is 2. The van der Waals surface area contributed by atoms with E-state index in [9.17, 15) is 26.7 Å². The van der Waals surface area contributed by atoms with Crippen LogP contribution in [0.3, 0.4) is 0 Å². The standard InChI is InChI=1S/C13H7F5N2O/c14-5-1-9(17)12(18)11(2-5)20-13(21)6-3-10(19)8(16)4-7(6)15/h1-4H,19H2,(H,20,21). The minimum atomic E-state index is -1.52. The predicted octanol–water partition coefficient (Wildman–Crippen LogP) is 3.22. The number of halogens is 5. The maximum Gasteiger partial charge on any atom is 0.258 e. The molecule has 110 valence electrons. The van der Waals surface area contributed by atoms with E-state index in [4.69, 9.17) is 5.73 Å². The Kier molecular flexibility index (Phi) is 3.79. The number of benzene rings is 2. The topological polar surface area (TPSA) is 55.1 Å². The maximum absolute atomic E-state index is 13.4. The second kappa shape index (κ2) is 5.39. The van der Waals surface area contributed by atoms with E-state index in [1.54, 1.807) is 5.32 Å². The molecule has 2 rings (SSSR count). The van der Waals surface area contributed by atoms with Crippen molar-refractivity contribution < 1.29 is 26.7 Å². The largest absolute Gasteiger partial charge is 0.396 e. The van der Waals surface area contributed by atoms with Crippen molar-refractivity contribution in [2.75, 3.05) is 11.1 Å². The van der Waals surface area contributed by atoms with Gasteiger partial charge in [0.05, 0.1) is 16.9 Å². The molecule has 0 radical (unpaired) electrons. The second-order valence-electron chi connectivity index (χ2n) is 4.06. The molecule has 8 heteroatoms. The summed E-state index contributed by atoms with van der Waals surface area (Å²) >= 11 is 0. The van der Waals surface area contributed by atoms with Gasteiger partial charge in [0.25, 0.3) is 5.91 Å². The van der Waals surface area contributed by atoms with Gasteiger partial charge in [0.2, 0.25) is 0 Å². The Morgan fingerprint density at radius 3 is 2.24 bits per heavy atom. The summed E-state index contributed by atoms with van der Waals surface area (Å²) in [6.07, 6.45) is 0. The van der Waals surface area contributed by atoms with Crippen LogP contribution < -0.4 is 11.1 Å². The number of nitrogens with one attached hydrogen (secondary N) is 1. The van der Waals surface area contributed by atoms with Gasteiger partial charge in [-0.25, -0.2) is 22.0 Å². The number of nitrogen functional groups attached to an aromatic ring is 1. The molecular formula is C13H7F5N2O. The number of nitrogens with two attached hydrogens (primary N) is 1. The quantitative estimate of drug-likeness (QED) is 0.508. The molecule has 0 spiro atoms. The Bertz CT molecular complexity index is 733. The molecule has 0 aliphatic heterocycles. The molecule has 0 aromatic heterocycles. The van der Waals surface area contributed by atoms with Crippen molar-refractivity contribution in [1.82, 2.24) is 0 Å². The molecule has 0 unspecified atom stereocenters. The first-order chi connectivity index (χ1) is 9.79. The zero-order chi connectivity index (χ0) is 15.7. The first-order valence-corrected chi connectivity index (χ1v) is 5.50. The predicted molar refractivity (Wildman–Crippen MR) is 65.0 cm³/mol. The molecule has 0 saturated heterocycles. The van der Waals surface area contributed by atoms with Gasteiger partial charge < -0.3 is 11.1 Å². The third kappa shape index (κ3) is 2.93. The fraction of sp³-hybridized carbons (Fsp3) is 0. The lowest BCUT2D eigenvalue weighted by atomic mass is 10.1. The summed E-state index contributed by atoms with van der Waals surface area (Å²) in [5.74, 6) is -7.74. The van der Waals surface area contributed by atoms with Gasteiger partial charge >= 0.3 is 0 Å². The van der Waals surface area contributed by atoms with Crippen LogP contribution in [0.5, 0.6) is 0 Å². The van der Waals surface area contributed by atoms with Crippen molar-refractivity contribution in [2.45, 2.75) is 0 Å². The number of rotatable bonds is 2. The van der Waals surface area contributed by atoms with Crippen molar-refractivity contribution in [1.29, 1.82) is 0 Å². The van der Waals surface area contributed by atoms with E-state index in [0.717, 1.165) is 0 Å². The summed E-state index contributed by atoms with van der Waals surface area (Å²) in [5.41, 5.74) is 3.16. The van der Waals surface area contributed by atoms with Crippen LogP contribution in [0.1, 0.15) is 10.4 Å². The monoisotopic (exact) mass is 302 g/mol. The molecule has 3 N–H and O–H groups in total. The zero-order valence-electron chi connectivity index (χ0n) is 10.2. The van der Waals surface area contributed by atoms with Gasteiger partial charge in [-0.15, -0.1) is 0 Å². The molecule has 0 aliphatic rings. The van der Waals surface area contributed by atoms with E-state index in [1.807, 2.05) is 0 Å². The summed E-state index contributed by atoms with van der Waals surface area (Å²) in [7, 11) is 0. The normalized spacial score (nSPS) is 10.5. The maximum atomic E-state index is 13.4. The number of carbonyl (C=O) groups is 1. The van der Waals surface area contributed by atoms with Gasteiger partial charge in [0, 0.05) is 18.2 Å². The summed E-state index contributed by atoms with van der Waals surface area (Å²) in [4.78, 5) is 11.7. The van der Waals surface area contributed by atoms with Crippen molar-refractivity contribution in [3.63, 3.8) is 0 Å². The van der Waals surface area contributed by atoms with E-state index >= 15 is 0 Å². The van der Waals surface area contributed by atoms with Crippen LogP contribution in [0, 0.1) is 29.1 Å². The Morgan fingerprint density at radius 2 is 1.57 bits per heavy atom. The van der Waals surface area contributed by atoms with E-state index in [0.29, 0.717) is 18.2 Å². The lowest BCUT2D eigenvalue weighted by Crippen LogP contribution is -2.16. The van der Waals surface area contributed by atoms with Crippen LogP contribution in [-0.4, -0.2) is 5.91 Å². The summed E-state index contributed by atoms with van der Waals surface area (Å²) in [5, 5.41) is 1.78. The van der Waals surface area contributed by atoms with Gasteiger partial charge in [-0.1, -0.05) is 0 Å². The van der Waals surface area contributed by atoms with Crippen molar-refractivity contribution in [3.05, 3.63) is 58.9 Å². The van der Waals surface area contributed by atoms with Gasteiger partial charge in [0.15, 0.2) is 11.6 Å². The summed E-state index contributed by atoms with van der Waals surface area (Å²) in [6.45, 7) is 0. The highest BCUT2D eigenvalue weighted by Crippen LogP contribution is 2.22. The molecule has 0 saturated carbocycles. The van der Waals surface area contributed by atoms with Crippen molar-refractivity contribution in [3.8, 4) is 0 Å². The molecule has 0 atom stereocenters. The first kappa shape index (κ1) is 14.8. The van der Waals surface area contributed by atoms with Gasteiger partial charge in [0.1, 0.15) is 17.5 Å². The minimum absolute atomic E-state index is 0.279. The molecule has 2 aromatic rings. The van der Waals surface area contributed by atoms with Crippen LogP contribution in [0.4, 0.5) is 33.3 Å². The average Bonchev–Trinajstić information content (AvgIpc) is 2.39. The number of amides is 1. The minimum Gasteiger partial charge on any atom is -0.396 e. The smallest absolute Gasteiger partial charge is 0.258 e. The Morgan fingerprint density at radius 1 is 0.905 bits per heavy atom. The van der Waals surface area contributed by atoms with E-state index in [-0.39, 0.29) is 6.07 Å². The number of hydrogen-bond acceptors (Lipinski definition) is 2. The van der Waals surface area contributed by atoms with Crippen LogP contribution in [-0.2, 0) is 0 Å². The third-order valence-corrected chi connectivity index (χ3v) is 2.57. The van der Waals surface area contributed by atoms with Gasteiger partial charge in [-0.3, -0.25) is 4.79 Å². The Balaban J connectivity index is 2.37. The summed E-state index contributed by atoms with van der Waals surface area (Å²) < 4.78 is 65.7. The van der Waals surface area contributed by atoms with Crippen LogP contribution >= 0.6 is 0 Å². The molecule has 0 aliphatic carbocycles. The fourth-order valence-electron chi connectivity index (χ4n) is 1.58. The Labute approximate surface area is 115 Å². The second-order valence-corrected chi connectivity index (χ2v) is 4.06. The van der Waals surface area contributed by atoms with E-state index < -0.39 is 51.9 Å². The van der Waals surface area contributed by atoms with Crippen molar-refractivity contribution in [2.24, 2.45) is 0 Å². The molecule has 2 aromatic carbocycles. The molecule has 3 nitrogen and oxygen atoms in total. The lowest BCUT2D eigenvalue weighted by Gasteiger charge is -2.09. The highest BCUT2D eigenvalue weighted by Gasteiger charge is 2.18. The van der Waals surface area contributed by atoms with Gasteiger partial charge in [-0.05, 0) is 6.07 Å². The average molecular weight is 302 g/mol. The summed E-state index contributed by atoms with van der Waals surface area (Å²) in [6, 6.07) is 1.85. The van der Waals surface area contributed by atoms with Crippen LogP contribution in [0.15, 0.2) is 24.3 Å². The van der Waals surface area contributed by atoms with E-state index in [2.05, 4.69) is 0 Å². The molecule has 0 fully saturated rings. The molecular weight excluding hydrogens is 295 g/mol. The van der Waals surface area contributed by atoms with Gasteiger partial charge in [-0.2, -0.15) is 0 Å². The lowest BCUT2D eigenvalue weighted by molar-refractivity contribution is 0.102. The van der Waals surface area contributed by atoms with Crippen LogP contribution in [0.25, 0.3) is 0 Å². The first-order valence-electron chi connectivity index (χ1n) is 5.50. The molecule has 0 bridgehead atoms. The SMILES string of the molecule is Nc1cc(C(=O)Nc2cc(F)cc(F)c2F)c(F)cc1F. The molecule has 0 heterocycles. The highest BCUT2D eigenvalue weighted by atomic mass is 19.2. The highest BCUT2D eigenvalue weighted by molar-refractivity contribution is 6.05. The van der Waals surface area contributed by atoms with E-state index in [1.165, 1.54) is 0 Å². The molecule has 21 heavy (non-hydrogen) atoms. The third-order valence-electron chi connectivity index (χ3n) is 2.57. The molecule has 1 amide bonds. The number of anilines is 2. The zero-order valence-corrected chi connectivity index (χ0v) is 10.2. The van der Waals surface area contributed by atoms with Crippen molar-refractivity contribution >= 4 is 17.3 Å². The Hall–Kier alpha value is -2.64.